The summed E-state index contributed by atoms with van der Waals surface area (Å²) in [5.74, 6) is 0. The molecular weight excluding hydrogens is 460 g/mol. The van der Waals surface area contributed by atoms with Crippen LogP contribution in [0.2, 0.25) is 0 Å². The number of thiophene rings is 1. The molecule has 182 valence electrons. The van der Waals surface area contributed by atoms with Gasteiger partial charge in [0, 0.05) is 53.6 Å². The topological polar surface area (TPSA) is 89.7 Å². The van der Waals surface area contributed by atoms with E-state index in [1.54, 1.807) is 17.5 Å². The average molecular weight is 491 g/mol. The fourth-order valence-electron chi connectivity index (χ4n) is 5.18. The van der Waals surface area contributed by atoms with Crippen LogP contribution in [0.5, 0.6) is 0 Å². The molecule has 0 spiro atoms. The molecule has 35 heavy (non-hydrogen) atoms. The Morgan fingerprint density at radius 1 is 1.29 bits per heavy atom. The van der Waals surface area contributed by atoms with Gasteiger partial charge in [-0.25, -0.2) is 4.79 Å². The standard InChI is InChI=1S/C27H30N4O3S/c1-27(2,3)34-26(33)30-10-7-19(15-30)31-9-4-5-18-11-17(14-28)12-22(24(18)31)21-6-8-29-23-13-20(16-32)35-25(21)23/h6,8,11-13,19,32H,4-5,7,9-10,15-16H2,1-3H3/t19-/m0/s1. The summed E-state index contributed by atoms with van der Waals surface area (Å²) in [5.41, 5.74) is 5.35. The third kappa shape index (κ3) is 4.58. The van der Waals surface area contributed by atoms with Crippen LogP contribution < -0.4 is 4.90 Å². The van der Waals surface area contributed by atoms with Crippen LogP contribution in [-0.2, 0) is 17.8 Å². The van der Waals surface area contributed by atoms with Crippen molar-refractivity contribution < 1.29 is 14.6 Å². The second-order valence-electron chi connectivity index (χ2n) is 10.3. The summed E-state index contributed by atoms with van der Waals surface area (Å²) in [4.78, 5) is 22.3. The highest BCUT2D eigenvalue weighted by molar-refractivity contribution is 7.19. The maximum Gasteiger partial charge on any atom is 0.410 e. The summed E-state index contributed by atoms with van der Waals surface area (Å²) in [6.45, 7) is 7.83. The summed E-state index contributed by atoms with van der Waals surface area (Å²) in [6, 6.07) is 10.4. The molecule has 7 nitrogen and oxygen atoms in total. The number of aryl methyl sites for hydroxylation is 1. The van der Waals surface area contributed by atoms with Gasteiger partial charge in [-0.2, -0.15) is 5.26 Å². The normalized spacial score (nSPS) is 18.0. The van der Waals surface area contributed by atoms with E-state index < -0.39 is 5.60 Å². The Labute approximate surface area is 209 Å². The van der Waals surface area contributed by atoms with Crippen LogP contribution >= 0.6 is 11.3 Å². The van der Waals surface area contributed by atoms with E-state index in [4.69, 9.17) is 4.74 Å². The number of fused-ring (bicyclic) bond motifs is 2. The highest BCUT2D eigenvalue weighted by Crippen LogP contribution is 2.44. The zero-order chi connectivity index (χ0) is 24.7. The SMILES string of the molecule is CC(C)(C)OC(=O)N1CC[C@H](N2CCCc3cc(C#N)cc(-c4ccnc5cc(CO)sc45)c32)C1. The molecule has 5 rings (SSSR count). The van der Waals surface area contributed by atoms with Crippen molar-refractivity contribution in [1.29, 1.82) is 5.26 Å². The van der Waals surface area contributed by atoms with E-state index in [0.717, 1.165) is 57.7 Å². The van der Waals surface area contributed by atoms with Gasteiger partial charge < -0.3 is 19.6 Å². The molecule has 1 fully saturated rings. The van der Waals surface area contributed by atoms with Gasteiger partial charge in [0.25, 0.3) is 0 Å². The molecule has 1 aromatic carbocycles. The molecule has 4 heterocycles. The largest absolute Gasteiger partial charge is 0.444 e. The second kappa shape index (κ2) is 9.14. The number of pyridine rings is 1. The van der Waals surface area contributed by atoms with Gasteiger partial charge in [0.1, 0.15) is 5.60 Å². The van der Waals surface area contributed by atoms with Crippen molar-refractivity contribution in [2.45, 2.75) is 58.3 Å². The number of aliphatic hydroxyl groups is 1. The van der Waals surface area contributed by atoms with E-state index in [9.17, 15) is 15.2 Å². The van der Waals surface area contributed by atoms with Gasteiger partial charge in [0.2, 0.25) is 0 Å². The lowest BCUT2D eigenvalue weighted by Gasteiger charge is -2.38. The second-order valence-corrected chi connectivity index (χ2v) is 11.4. The number of hydrogen-bond donors (Lipinski definition) is 1. The van der Waals surface area contributed by atoms with E-state index >= 15 is 0 Å². The molecule has 1 N–H and O–H groups in total. The molecule has 2 aromatic heterocycles. The molecule has 0 radical (unpaired) electrons. The minimum Gasteiger partial charge on any atom is -0.444 e. The Balaban J connectivity index is 1.56. The van der Waals surface area contributed by atoms with Crippen molar-refractivity contribution >= 4 is 33.3 Å². The van der Waals surface area contributed by atoms with Gasteiger partial charge >= 0.3 is 6.09 Å². The van der Waals surface area contributed by atoms with Gasteiger partial charge in [0.05, 0.1) is 28.5 Å². The first-order valence-electron chi connectivity index (χ1n) is 12.1. The summed E-state index contributed by atoms with van der Waals surface area (Å²) >= 11 is 1.54. The number of amides is 1. The number of carbonyl (C=O) groups excluding carboxylic acids is 1. The zero-order valence-electron chi connectivity index (χ0n) is 20.4. The van der Waals surface area contributed by atoms with Crippen molar-refractivity contribution in [3.05, 3.63) is 46.5 Å². The quantitative estimate of drug-likeness (QED) is 0.550. The number of likely N-dealkylation sites (tertiary alicyclic amines) is 1. The summed E-state index contributed by atoms with van der Waals surface area (Å²) in [7, 11) is 0. The molecule has 8 heteroatoms. The third-order valence-electron chi connectivity index (χ3n) is 6.62. The van der Waals surface area contributed by atoms with Crippen LogP contribution in [0.1, 0.15) is 49.6 Å². The summed E-state index contributed by atoms with van der Waals surface area (Å²) in [5, 5.41) is 19.5. The summed E-state index contributed by atoms with van der Waals surface area (Å²) < 4.78 is 6.63. The van der Waals surface area contributed by atoms with Crippen molar-refractivity contribution in [3.8, 4) is 17.2 Å². The average Bonchev–Trinajstić information content (AvgIpc) is 3.49. The van der Waals surface area contributed by atoms with E-state index in [2.05, 4.69) is 16.0 Å². The highest BCUT2D eigenvalue weighted by Gasteiger charge is 2.36. The molecule has 1 saturated heterocycles. The van der Waals surface area contributed by atoms with E-state index in [0.29, 0.717) is 18.7 Å². The van der Waals surface area contributed by atoms with Crippen LogP contribution in [0.25, 0.3) is 21.3 Å². The smallest absolute Gasteiger partial charge is 0.410 e. The Bertz CT molecular complexity index is 1320. The van der Waals surface area contributed by atoms with E-state index in [1.807, 2.05) is 49.9 Å². The predicted octanol–water partition coefficient (Wildman–Crippen LogP) is 5.09. The first kappa shape index (κ1) is 23.6. The molecule has 2 aliphatic rings. The number of benzene rings is 1. The van der Waals surface area contributed by atoms with Crippen LogP contribution in [0.3, 0.4) is 0 Å². The molecule has 0 bridgehead atoms. The zero-order valence-corrected chi connectivity index (χ0v) is 21.2. The lowest BCUT2D eigenvalue weighted by Crippen LogP contribution is -2.43. The predicted molar refractivity (Wildman–Crippen MR) is 138 cm³/mol. The van der Waals surface area contributed by atoms with Crippen molar-refractivity contribution in [1.82, 2.24) is 9.88 Å². The highest BCUT2D eigenvalue weighted by atomic mass is 32.1. The Morgan fingerprint density at radius 2 is 2.11 bits per heavy atom. The number of hydrogen-bond acceptors (Lipinski definition) is 7. The number of rotatable bonds is 3. The first-order chi connectivity index (χ1) is 16.8. The molecule has 2 aliphatic heterocycles. The first-order valence-corrected chi connectivity index (χ1v) is 12.9. The molecule has 0 aliphatic carbocycles. The van der Waals surface area contributed by atoms with Gasteiger partial charge in [0.15, 0.2) is 0 Å². The fourth-order valence-corrected chi connectivity index (χ4v) is 6.18. The minimum absolute atomic E-state index is 0.0223. The van der Waals surface area contributed by atoms with E-state index in [1.165, 1.54) is 5.56 Å². The monoisotopic (exact) mass is 490 g/mol. The number of nitriles is 1. The van der Waals surface area contributed by atoms with E-state index in [-0.39, 0.29) is 18.7 Å². The maximum atomic E-state index is 12.7. The number of carbonyl (C=O) groups is 1. The molecule has 3 aromatic rings. The van der Waals surface area contributed by atoms with Crippen LogP contribution in [0, 0.1) is 11.3 Å². The minimum atomic E-state index is -0.519. The lowest BCUT2D eigenvalue weighted by molar-refractivity contribution is 0.0292. The Kier molecular flexibility index (Phi) is 6.16. The number of aromatic nitrogens is 1. The lowest BCUT2D eigenvalue weighted by atomic mass is 9.90. The third-order valence-corrected chi connectivity index (χ3v) is 7.76. The van der Waals surface area contributed by atoms with Crippen LogP contribution in [0.4, 0.5) is 10.5 Å². The molecule has 0 unspecified atom stereocenters. The van der Waals surface area contributed by atoms with Crippen LogP contribution in [0.15, 0.2) is 30.5 Å². The number of ether oxygens (including phenoxy) is 1. The van der Waals surface area contributed by atoms with Crippen molar-refractivity contribution in [2.24, 2.45) is 0 Å². The van der Waals surface area contributed by atoms with Gasteiger partial charge in [-0.05, 0) is 69.9 Å². The van der Waals surface area contributed by atoms with Crippen molar-refractivity contribution in [2.75, 3.05) is 24.5 Å². The Hall–Kier alpha value is -3.15. The number of anilines is 1. The molecule has 1 atom stereocenters. The summed E-state index contributed by atoms with van der Waals surface area (Å²) in [6.07, 6.45) is 4.33. The van der Waals surface area contributed by atoms with Gasteiger partial charge in [-0.15, -0.1) is 11.3 Å². The fraction of sp³-hybridized carbons (Fsp3) is 0.444. The molecular formula is C27H30N4O3S. The van der Waals surface area contributed by atoms with Crippen molar-refractivity contribution in [3.63, 3.8) is 0 Å². The van der Waals surface area contributed by atoms with Gasteiger partial charge in [-0.3, -0.25) is 4.98 Å². The number of nitrogens with zero attached hydrogens (tertiary/aromatic N) is 4. The maximum absolute atomic E-state index is 12.7. The van der Waals surface area contributed by atoms with Gasteiger partial charge in [-0.1, -0.05) is 0 Å². The van der Waals surface area contributed by atoms with Crippen LogP contribution in [-0.4, -0.2) is 52.4 Å². The Morgan fingerprint density at radius 3 is 2.86 bits per heavy atom. The number of aliphatic hydroxyl groups excluding tert-OH is 1. The molecule has 1 amide bonds. The molecule has 0 saturated carbocycles.